The number of rotatable bonds is 8. The molecule has 3 aromatic carbocycles. The Balaban J connectivity index is 1.30. The standard InChI is InChI=1S/C37H37F2N5O6/c1-37(2,3)50-36(47)44-17-7-8-25(34(44)45)21-11-14-23(15-12-21)40-33-31-28(41-32(42-33)30-26(38)9-6-10-27(30)39)20-43(35(31)46)19-22-13-16-24(48-4)18-29(22)49-5/h6,9-16,18,25H,7-8,17,19-20H2,1-5H3,(H,40,41,42). The van der Waals surface area contributed by atoms with E-state index in [-0.39, 0.29) is 48.7 Å². The molecule has 2 aliphatic rings. The highest BCUT2D eigenvalue weighted by molar-refractivity contribution is 6.03. The normalized spacial score (nSPS) is 15.9. The van der Waals surface area contributed by atoms with Crippen molar-refractivity contribution in [2.75, 3.05) is 26.1 Å². The van der Waals surface area contributed by atoms with Gasteiger partial charge < -0.3 is 24.4 Å². The predicted octanol–water partition coefficient (Wildman–Crippen LogP) is 6.98. The summed E-state index contributed by atoms with van der Waals surface area (Å²) < 4.78 is 46.1. The number of piperidine rings is 1. The van der Waals surface area contributed by atoms with Crippen LogP contribution in [0.4, 0.5) is 25.1 Å². The third-order valence-electron chi connectivity index (χ3n) is 8.50. The van der Waals surface area contributed by atoms with Crippen LogP contribution in [0.1, 0.15) is 66.7 Å². The SMILES string of the molecule is COc1ccc(CN2Cc3nc(-c4c(F)cccc4F)nc(Nc4ccc(C5CCCN(C(=O)OC(C)(C)C)C5=O)cc4)c3C2=O)c(OC)c1. The first-order chi connectivity index (χ1) is 23.9. The zero-order valence-corrected chi connectivity index (χ0v) is 28.4. The summed E-state index contributed by atoms with van der Waals surface area (Å²) in [7, 11) is 3.06. The Morgan fingerprint density at radius 3 is 2.34 bits per heavy atom. The molecule has 1 N–H and O–H groups in total. The Bertz CT molecular complexity index is 1940. The fourth-order valence-electron chi connectivity index (χ4n) is 6.10. The number of carbonyl (C=O) groups is 3. The fraction of sp³-hybridized carbons (Fsp3) is 0.324. The smallest absolute Gasteiger partial charge is 0.417 e. The second-order valence-electron chi connectivity index (χ2n) is 13.1. The number of amides is 3. The van der Waals surface area contributed by atoms with E-state index in [1.807, 2.05) is 0 Å². The number of methoxy groups -OCH3 is 2. The third kappa shape index (κ3) is 6.93. The lowest BCUT2D eigenvalue weighted by atomic mass is 9.90. The molecule has 0 saturated carbocycles. The van der Waals surface area contributed by atoms with E-state index in [0.717, 1.165) is 22.6 Å². The maximum Gasteiger partial charge on any atom is 0.417 e. The van der Waals surface area contributed by atoms with Crippen LogP contribution in [0.5, 0.6) is 11.5 Å². The van der Waals surface area contributed by atoms with Crippen molar-refractivity contribution in [3.63, 3.8) is 0 Å². The monoisotopic (exact) mass is 685 g/mol. The lowest BCUT2D eigenvalue weighted by Crippen LogP contribution is -2.46. The molecule has 6 rings (SSSR count). The van der Waals surface area contributed by atoms with E-state index in [1.165, 1.54) is 13.2 Å². The van der Waals surface area contributed by atoms with Gasteiger partial charge in [0.15, 0.2) is 5.82 Å². The summed E-state index contributed by atoms with van der Waals surface area (Å²) in [5.41, 5.74) is 1.23. The second kappa shape index (κ2) is 13.7. The number of hydrogen-bond donors (Lipinski definition) is 1. The number of carbonyl (C=O) groups excluding carboxylic acids is 3. The molecule has 1 fully saturated rings. The third-order valence-corrected chi connectivity index (χ3v) is 8.50. The molecule has 13 heteroatoms. The molecule has 0 radical (unpaired) electrons. The van der Waals surface area contributed by atoms with Gasteiger partial charge in [-0.3, -0.25) is 9.59 Å². The number of fused-ring (bicyclic) bond motifs is 1. The zero-order valence-electron chi connectivity index (χ0n) is 28.4. The quantitative estimate of drug-likeness (QED) is 0.209. The van der Waals surface area contributed by atoms with Crippen LogP contribution in [0, 0.1) is 11.6 Å². The number of nitrogens with one attached hydrogen (secondary N) is 1. The Hall–Kier alpha value is -5.59. The van der Waals surface area contributed by atoms with Crippen molar-refractivity contribution in [2.45, 2.75) is 58.2 Å². The topological polar surface area (TPSA) is 123 Å². The maximum atomic E-state index is 14.9. The Morgan fingerprint density at radius 2 is 1.68 bits per heavy atom. The van der Waals surface area contributed by atoms with Crippen molar-refractivity contribution in [2.24, 2.45) is 0 Å². The number of aromatic nitrogens is 2. The molecule has 0 spiro atoms. The van der Waals surface area contributed by atoms with Gasteiger partial charge in [-0.05, 0) is 75.6 Å². The molecule has 0 aliphatic carbocycles. The number of imide groups is 1. The number of anilines is 2. The minimum Gasteiger partial charge on any atom is -0.497 e. The number of nitrogens with zero attached hydrogens (tertiary/aromatic N) is 4. The number of hydrogen-bond acceptors (Lipinski definition) is 9. The molecule has 3 heterocycles. The summed E-state index contributed by atoms with van der Waals surface area (Å²) in [5, 5.41) is 3.15. The summed E-state index contributed by atoms with van der Waals surface area (Å²) in [4.78, 5) is 51.6. The first-order valence-corrected chi connectivity index (χ1v) is 16.1. The van der Waals surface area contributed by atoms with Gasteiger partial charge in [-0.2, -0.15) is 0 Å². The zero-order chi connectivity index (χ0) is 35.7. The molecular weight excluding hydrogens is 648 g/mol. The highest BCUT2D eigenvalue weighted by Crippen LogP contribution is 2.36. The summed E-state index contributed by atoms with van der Waals surface area (Å²) in [5.74, 6) is -1.99. The second-order valence-corrected chi connectivity index (χ2v) is 13.1. The van der Waals surface area contributed by atoms with E-state index in [1.54, 1.807) is 75.2 Å². The van der Waals surface area contributed by atoms with Crippen LogP contribution in [0.3, 0.4) is 0 Å². The van der Waals surface area contributed by atoms with E-state index in [9.17, 15) is 23.2 Å². The molecule has 1 saturated heterocycles. The summed E-state index contributed by atoms with van der Waals surface area (Å²) in [6, 6.07) is 15.7. The highest BCUT2D eigenvalue weighted by Gasteiger charge is 2.37. The molecular formula is C37H37F2N5O6. The van der Waals surface area contributed by atoms with Gasteiger partial charge in [0.25, 0.3) is 5.91 Å². The van der Waals surface area contributed by atoms with Gasteiger partial charge in [-0.25, -0.2) is 28.4 Å². The first kappa shape index (κ1) is 34.3. The minimum atomic E-state index is -0.845. The number of benzene rings is 3. The largest absolute Gasteiger partial charge is 0.497 e. The molecule has 2 aliphatic heterocycles. The molecule has 1 unspecified atom stereocenters. The number of halogens is 2. The summed E-state index contributed by atoms with van der Waals surface area (Å²) in [6.07, 6.45) is 0.513. The lowest BCUT2D eigenvalue weighted by molar-refractivity contribution is -0.134. The molecule has 1 aromatic heterocycles. The van der Waals surface area contributed by atoms with Gasteiger partial charge in [0.2, 0.25) is 5.91 Å². The maximum absolute atomic E-state index is 14.9. The van der Waals surface area contributed by atoms with Crippen molar-refractivity contribution in [3.05, 3.63) is 94.7 Å². The van der Waals surface area contributed by atoms with E-state index < -0.39 is 34.8 Å². The molecule has 0 bridgehead atoms. The van der Waals surface area contributed by atoms with Gasteiger partial charge in [-0.1, -0.05) is 18.2 Å². The highest BCUT2D eigenvalue weighted by atomic mass is 19.1. The van der Waals surface area contributed by atoms with E-state index >= 15 is 0 Å². The molecule has 1 atom stereocenters. The van der Waals surface area contributed by atoms with Gasteiger partial charge in [-0.15, -0.1) is 0 Å². The van der Waals surface area contributed by atoms with Gasteiger partial charge >= 0.3 is 6.09 Å². The van der Waals surface area contributed by atoms with Crippen molar-refractivity contribution >= 4 is 29.4 Å². The van der Waals surface area contributed by atoms with Crippen LogP contribution in [0.25, 0.3) is 11.4 Å². The first-order valence-electron chi connectivity index (χ1n) is 16.1. The lowest BCUT2D eigenvalue weighted by Gasteiger charge is -2.32. The molecule has 11 nitrogen and oxygen atoms in total. The molecule has 4 aromatic rings. The fourth-order valence-corrected chi connectivity index (χ4v) is 6.10. The predicted molar refractivity (Wildman–Crippen MR) is 180 cm³/mol. The van der Waals surface area contributed by atoms with E-state index in [2.05, 4.69) is 15.3 Å². The minimum absolute atomic E-state index is 0.0561. The van der Waals surface area contributed by atoms with Crippen LogP contribution < -0.4 is 14.8 Å². The van der Waals surface area contributed by atoms with E-state index in [4.69, 9.17) is 14.2 Å². The number of likely N-dealkylation sites (tertiary alicyclic amines) is 1. The average molecular weight is 686 g/mol. The van der Waals surface area contributed by atoms with Crippen LogP contribution in [0.15, 0.2) is 60.7 Å². The van der Waals surface area contributed by atoms with Crippen molar-refractivity contribution < 1.29 is 37.4 Å². The molecule has 3 amide bonds. The average Bonchev–Trinajstić information content (AvgIpc) is 3.39. The molecule has 50 heavy (non-hydrogen) atoms. The van der Waals surface area contributed by atoms with Crippen LogP contribution >= 0.6 is 0 Å². The van der Waals surface area contributed by atoms with Crippen molar-refractivity contribution in [1.29, 1.82) is 0 Å². The molecule has 260 valence electrons. The Labute approximate surface area is 288 Å². The Kier molecular flexibility index (Phi) is 9.41. The summed E-state index contributed by atoms with van der Waals surface area (Å²) in [6.45, 7) is 5.73. The number of ether oxygens (including phenoxy) is 3. The van der Waals surface area contributed by atoms with Crippen LogP contribution in [-0.2, 0) is 22.6 Å². The van der Waals surface area contributed by atoms with Gasteiger partial charge in [0.05, 0.1) is 44.5 Å². The van der Waals surface area contributed by atoms with Crippen molar-refractivity contribution in [3.8, 4) is 22.9 Å². The van der Waals surface area contributed by atoms with Crippen molar-refractivity contribution in [1.82, 2.24) is 19.8 Å². The Morgan fingerprint density at radius 1 is 0.960 bits per heavy atom. The van der Waals surface area contributed by atoms with Crippen LogP contribution in [0.2, 0.25) is 0 Å². The van der Waals surface area contributed by atoms with Crippen LogP contribution in [-0.4, -0.2) is 64.0 Å². The summed E-state index contributed by atoms with van der Waals surface area (Å²) >= 11 is 0. The van der Waals surface area contributed by atoms with Gasteiger partial charge in [0, 0.05) is 23.9 Å². The van der Waals surface area contributed by atoms with Gasteiger partial charge in [0.1, 0.15) is 40.1 Å². The van der Waals surface area contributed by atoms with E-state index in [0.29, 0.717) is 41.3 Å².